The Morgan fingerprint density at radius 2 is 1.88 bits per heavy atom. The summed E-state index contributed by atoms with van der Waals surface area (Å²) < 4.78 is 17.4. The summed E-state index contributed by atoms with van der Waals surface area (Å²) in [4.78, 5) is 15.4. The third-order valence-electron chi connectivity index (χ3n) is 6.18. The number of carbonyl (C=O) groups excluding carboxylic acids is 1. The Kier molecular flexibility index (Phi) is 5.88. The first-order chi connectivity index (χ1) is 16.1. The lowest BCUT2D eigenvalue weighted by atomic mass is 9.98. The van der Waals surface area contributed by atoms with Crippen LogP contribution in [0.4, 0.5) is 0 Å². The summed E-state index contributed by atoms with van der Waals surface area (Å²) in [5, 5.41) is 0. The van der Waals surface area contributed by atoms with Gasteiger partial charge in [-0.2, -0.15) is 0 Å². The molecule has 0 bridgehead atoms. The molecule has 2 aliphatic rings. The van der Waals surface area contributed by atoms with E-state index in [9.17, 15) is 4.79 Å². The average Bonchev–Trinajstić information content (AvgIpc) is 3.17. The molecule has 0 aliphatic carbocycles. The summed E-state index contributed by atoms with van der Waals surface area (Å²) in [7, 11) is 1.63. The fourth-order valence-corrected chi connectivity index (χ4v) is 4.42. The third kappa shape index (κ3) is 4.37. The van der Waals surface area contributed by atoms with Crippen LogP contribution in [-0.2, 0) is 13.0 Å². The predicted molar refractivity (Wildman–Crippen MR) is 128 cm³/mol. The van der Waals surface area contributed by atoms with E-state index in [-0.39, 0.29) is 5.78 Å². The molecule has 5 nitrogen and oxygen atoms in total. The van der Waals surface area contributed by atoms with Gasteiger partial charge >= 0.3 is 0 Å². The van der Waals surface area contributed by atoms with Crippen molar-refractivity contribution in [1.82, 2.24) is 4.90 Å². The van der Waals surface area contributed by atoms with Crippen molar-refractivity contribution in [3.8, 4) is 17.2 Å². The first-order valence-electron chi connectivity index (χ1n) is 11.3. The molecule has 0 unspecified atom stereocenters. The second-order valence-corrected chi connectivity index (χ2v) is 8.50. The maximum Gasteiger partial charge on any atom is 0.232 e. The van der Waals surface area contributed by atoms with Crippen LogP contribution in [0.2, 0.25) is 0 Å². The highest BCUT2D eigenvalue weighted by Crippen LogP contribution is 2.44. The molecule has 33 heavy (non-hydrogen) atoms. The maximum absolute atomic E-state index is 13.2. The van der Waals surface area contributed by atoms with Crippen molar-refractivity contribution in [2.45, 2.75) is 26.3 Å². The van der Waals surface area contributed by atoms with Gasteiger partial charge in [-0.3, -0.25) is 9.69 Å². The fraction of sp³-hybridized carbons (Fsp3) is 0.250. The Bertz CT molecular complexity index is 1200. The highest BCUT2D eigenvalue weighted by atomic mass is 16.5. The Morgan fingerprint density at radius 3 is 2.64 bits per heavy atom. The van der Waals surface area contributed by atoms with Gasteiger partial charge in [-0.15, -0.1) is 0 Å². The molecular formula is C28H27NO4. The molecule has 0 fully saturated rings. The van der Waals surface area contributed by atoms with Crippen molar-refractivity contribution in [1.29, 1.82) is 0 Å². The Balaban J connectivity index is 1.34. The molecule has 5 heteroatoms. The van der Waals surface area contributed by atoms with Gasteiger partial charge in [-0.05, 0) is 60.7 Å². The highest BCUT2D eigenvalue weighted by molar-refractivity contribution is 6.15. The summed E-state index contributed by atoms with van der Waals surface area (Å²) >= 11 is 0. The molecular weight excluding hydrogens is 414 g/mol. The van der Waals surface area contributed by atoms with Gasteiger partial charge in [0.05, 0.1) is 18.2 Å². The number of methoxy groups -OCH3 is 1. The SMILES string of the molecule is COc1ccc(/C=C2\Oc3c4c(cc(C)c3C2=O)OCN(CCCc2ccccc2)C4)cc1. The zero-order valence-electron chi connectivity index (χ0n) is 19.0. The first kappa shape index (κ1) is 21.3. The van der Waals surface area contributed by atoms with Crippen LogP contribution >= 0.6 is 0 Å². The van der Waals surface area contributed by atoms with Crippen molar-refractivity contribution in [2.75, 3.05) is 20.4 Å². The van der Waals surface area contributed by atoms with E-state index in [4.69, 9.17) is 14.2 Å². The van der Waals surface area contributed by atoms with Crippen LogP contribution in [0.25, 0.3) is 6.08 Å². The zero-order chi connectivity index (χ0) is 22.8. The second-order valence-electron chi connectivity index (χ2n) is 8.50. The van der Waals surface area contributed by atoms with Gasteiger partial charge in [0, 0.05) is 13.1 Å². The summed E-state index contributed by atoms with van der Waals surface area (Å²) in [5.74, 6) is 2.48. The molecule has 5 rings (SSSR count). The summed E-state index contributed by atoms with van der Waals surface area (Å²) in [6, 6.07) is 20.0. The quantitative estimate of drug-likeness (QED) is 0.479. The number of ketones is 1. The van der Waals surface area contributed by atoms with Crippen LogP contribution < -0.4 is 14.2 Å². The van der Waals surface area contributed by atoms with E-state index >= 15 is 0 Å². The van der Waals surface area contributed by atoms with Gasteiger partial charge in [0.25, 0.3) is 0 Å². The molecule has 0 radical (unpaired) electrons. The van der Waals surface area contributed by atoms with Crippen molar-refractivity contribution in [3.05, 3.63) is 94.2 Å². The van der Waals surface area contributed by atoms with Crippen molar-refractivity contribution >= 4 is 11.9 Å². The summed E-state index contributed by atoms with van der Waals surface area (Å²) in [5.41, 5.74) is 4.70. The van der Waals surface area contributed by atoms with Crippen molar-refractivity contribution in [3.63, 3.8) is 0 Å². The fourth-order valence-electron chi connectivity index (χ4n) is 4.42. The van der Waals surface area contributed by atoms with Crippen LogP contribution in [0, 0.1) is 6.92 Å². The van der Waals surface area contributed by atoms with Crippen LogP contribution in [0.1, 0.15) is 39.0 Å². The minimum Gasteiger partial charge on any atom is -0.497 e. The topological polar surface area (TPSA) is 48.0 Å². The van der Waals surface area contributed by atoms with E-state index in [1.807, 2.05) is 43.3 Å². The van der Waals surface area contributed by atoms with Gasteiger partial charge in [-0.25, -0.2) is 0 Å². The number of Topliss-reactive ketones (excluding diaryl/α,β-unsaturated/α-hetero) is 1. The molecule has 3 aromatic carbocycles. The zero-order valence-corrected chi connectivity index (χ0v) is 19.0. The Hall–Kier alpha value is -3.57. The largest absolute Gasteiger partial charge is 0.497 e. The Morgan fingerprint density at radius 1 is 1.09 bits per heavy atom. The monoisotopic (exact) mass is 441 g/mol. The molecule has 2 aliphatic heterocycles. The standard InChI is InChI=1S/C28H27NO4/c1-19-15-24-23(17-29(18-32-24)14-6-9-20-7-4-3-5-8-20)28-26(19)27(30)25(33-28)16-21-10-12-22(31-2)13-11-21/h3-5,7-8,10-13,15-16H,6,9,14,17-18H2,1-2H3/b25-16-. The molecule has 0 N–H and O–H groups in total. The minimum absolute atomic E-state index is 0.0812. The van der Waals surface area contributed by atoms with Gasteiger partial charge < -0.3 is 14.2 Å². The van der Waals surface area contributed by atoms with E-state index in [0.717, 1.165) is 47.6 Å². The maximum atomic E-state index is 13.2. The molecule has 0 saturated carbocycles. The number of rotatable bonds is 6. The summed E-state index contributed by atoms with van der Waals surface area (Å²) in [6.07, 6.45) is 3.86. The van der Waals surface area contributed by atoms with E-state index in [1.54, 1.807) is 13.2 Å². The molecule has 0 aromatic heterocycles. The molecule has 0 amide bonds. The smallest absolute Gasteiger partial charge is 0.232 e. The van der Waals surface area contributed by atoms with Crippen molar-refractivity contribution < 1.29 is 19.0 Å². The number of hydrogen-bond donors (Lipinski definition) is 0. The van der Waals surface area contributed by atoms with E-state index in [2.05, 4.69) is 29.2 Å². The van der Waals surface area contributed by atoms with E-state index in [0.29, 0.717) is 30.3 Å². The van der Waals surface area contributed by atoms with Gasteiger partial charge in [0.2, 0.25) is 5.78 Å². The number of benzene rings is 3. The number of hydrogen-bond acceptors (Lipinski definition) is 5. The lowest BCUT2D eigenvalue weighted by Gasteiger charge is -2.30. The average molecular weight is 442 g/mol. The molecule has 2 heterocycles. The number of ether oxygens (including phenoxy) is 3. The van der Waals surface area contributed by atoms with Crippen LogP contribution in [-0.4, -0.2) is 31.1 Å². The summed E-state index contributed by atoms with van der Waals surface area (Å²) in [6.45, 7) is 4.10. The predicted octanol–water partition coefficient (Wildman–Crippen LogP) is 5.40. The third-order valence-corrected chi connectivity index (χ3v) is 6.18. The molecule has 0 atom stereocenters. The normalized spacial score (nSPS) is 16.2. The van der Waals surface area contributed by atoms with Crippen LogP contribution in [0.15, 0.2) is 66.4 Å². The Labute approximate surface area is 194 Å². The molecule has 3 aromatic rings. The van der Waals surface area contributed by atoms with Crippen LogP contribution in [0.3, 0.4) is 0 Å². The number of fused-ring (bicyclic) bond motifs is 3. The van der Waals surface area contributed by atoms with E-state index in [1.165, 1.54) is 5.56 Å². The number of carbonyl (C=O) groups is 1. The minimum atomic E-state index is -0.0812. The molecule has 168 valence electrons. The van der Waals surface area contributed by atoms with Gasteiger partial charge in [0.15, 0.2) is 5.76 Å². The first-order valence-corrected chi connectivity index (χ1v) is 11.3. The second kappa shape index (κ2) is 9.12. The number of nitrogens with zero attached hydrogens (tertiary/aromatic N) is 1. The molecule has 0 saturated heterocycles. The number of aryl methyl sites for hydroxylation is 2. The van der Waals surface area contributed by atoms with E-state index < -0.39 is 0 Å². The van der Waals surface area contributed by atoms with Crippen LogP contribution in [0.5, 0.6) is 17.2 Å². The lowest BCUT2D eigenvalue weighted by molar-refractivity contribution is 0.0928. The van der Waals surface area contributed by atoms with Gasteiger partial charge in [-0.1, -0.05) is 42.5 Å². The molecule has 0 spiro atoms. The van der Waals surface area contributed by atoms with Crippen molar-refractivity contribution in [2.24, 2.45) is 0 Å². The van der Waals surface area contributed by atoms with Gasteiger partial charge in [0.1, 0.15) is 24.0 Å². The highest BCUT2D eigenvalue weighted by Gasteiger charge is 2.35. The lowest BCUT2D eigenvalue weighted by Crippen LogP contribution is -2.33. The number of allylic oxidation sites excluding steroid dienone is 1.